The molecule has 1 atom stereocenters. The number of amides is 3. The number of nitrogen functional groups attached to an aromatic ring is 1. The Morgan fingerprint density at radius 2 is 2.14 bits per heavy atom. The Balaban J connectivity index is 1.90. The van der Waals surface area contributed by atoms with Gasteiger partial charge in [-0.2, -0.15) is 4.31 Å². The zero-order valence-corrected chi connectivity index (χ0v) is 12.6. The minimum atomic E-state index is -3.71. The summed E-state index contributed by atoms with van der Waals surface area (Å²) in [6.45, 7) is 0.246. The van der Waals surface area contributed by atoms with E-state index in [0.29, 0.717) is 25.1 Å². The first-order valence-electron chi connectivity index (χ1n) is 6.31. The molecule has 3 heterocycles. The van der Waals surface area contributed by atoms with E-state index in [1.807, 2.05) is 0 Å². The number of nitrogens with zero attached hydrogens (tertiary/aromatic N) is 1. The fourth-order valence-corrected chi connectivity index (χ4v) is 5.40. The average Bonchev–Trinajstić information content (AvgIpc) is 2.95. The van der Waals surface area contributed by atoms with Gasteiger partial charge in [-0.1, -0.05) is 0 Å². The van der Waals surface area contributed by atoms with Crippen molar-refractivity contribution in [2.24, 2.45) is 0 Å². The van der Waals surface area contributed by atoms with Crippen molar-refractivity contribution >= 4 is 39.0 Å². The van der Waals surface area contributed by atoms with Gasteiger partial charge in [0.05, 0.1) is 0 Å². The second-order valence-corrected chi connectivity index (χ2v) is 8.21. The lowest BCUT2D eigenvalue weighted by atomic mass is 9.90. The van der Waals surface area contributed by atoms with Gasteiger partial charge in [-0.25, -0.2) is 13.2 Å². The third-order valence-corrected chi connectivity index (χ3v) is 6.94. The largest absolute Gasteiger partial charge is 0.398 e. The lowest BCUT2D eigenvalue weighted by molar-refractivity contribution is -0.125. The zero-order valence-electron chi connectivity index (χ0n) is 11.0. The molecular formula is C11H14N4O4S2. The molecule has 0 bridgehead atoms. The SMILES string of the molecule is Nc1csc(S(=O)(=O)N2CCCC3(C2)NC(=O)NC3=O)c1. The molecule has 1 aromatic heterocycles. The first kappa shape index (κ1) is 14.3. The number of nitrogens with one attached hydrogen (secondary N) is 2. The van der Waals surface area contributed by atoms with Crippen molar-refractivity contribution in [1.82, 2.24) is 14.9 Å². The molecule has 10 heteroatoms. The van der Waals surface area contributed by atoms with Gasteiger partial charge in [0, 0.05) is 24.2 Å². The number of anilines is 1. The van der Waals surface area contributed by atoms with E-state index in [-0.39, 0.29) is 10.8 Å². The number of piperidine rings is 1. The van der Waals surface area contributed by atoms with E-state index in [9.17, 15) is 18.0 Å². The highest BCUT2D eigenvalue weighted by atomic mass is 32.2. The van der Waals surface area contributed by atoms with Crippen LogP contribution in [0.4, 0.5) is 10.5 Å². The molecule has 114 valence electrons. The maximum absolute atomic E-state index is 12.6. The molecule has 21 heavy (non-hydrogen) atoms. The van der Waals surface area contributed by atoms with Crippen LogP contribution in [0.25, 0.3) is 0 Å². The van der Waals surface area contributed by atoms with E-state index < -0.39 is 27.5 Å². The summed E-state index contributed by atoms with van der Waals surface area (Å²) in [5, 5.41) is 6.27. The van der Waals surface area contributed by atoms with Gasteiger partial charge in [0.1, 0.15) is 9.75 Å². The van der Waals surface area contributed by atoms with E-state index in [1.165, 1.54) is 10.4 Å². The lowest BCUT2D eigenvalue weighted by Crippen LogP contribution is -2.59. The molecule has 2 aliphatic rings. The highest BCUT2D eigenvalue weighted by Gasteiger charge is 2.50. The molecule has 2 fully saturated rings. The summed E-state index contributed by atoms with van der Waals surface area (Å²) in [4.78, 5) is 23.3. The summed E-state index contributed by atoms with van der Waals surface area (Å²) in [7, 11) is -3.71. The Hall–Kier alpha value is -1.65. The van der Waals surface area contributed by atoms with Crippen LogP contribution in [0.15, 0.2) is 15.7 Å². The number of urea groups is 1. The highest BCUT2D eigenvalue weighted by Crippen LogP contribution is 2.31. The van der Waals surface area contributed by atoms with Crippen LogP contribution in [-0.4, -0.2) is 43.3 Å². The molecule has 0 aliphatic carbocycles. The number of carbonyl (C=O) groups is 2. The second kappa shape index (κ2) is 4.68. The third kappa shape index (κ3) is 2.28. The standard InChI is InChI=1S/C11H14N4O4S2/c12-7-4-8(20-5-7)21(18,19)15-3-1-2-11(6-15)9(16)13-10(17)14-11/h4-5H,1-3,6,12H2,(H2,13,14,16,17). The maximum atomic E-state index is 12.6. The van der Waals surface area contributed by atoms with Crippen LogP contribution in [0.5, 0.6) is 0 Å². The number of nitrogens with two attached hydrogens (primary N) is 1. The van der Waals surface area contributed by atoms with Crippen LogP contribution in [0.2, 0.25) is 0 Å². The number of imide groups is 1. The molecule has 2 saturated heterocycles. The van der Waals surface area contributed by atoms with Gasteiger partial charge in [-0.15, -0.1) is 11.3 Å². The number of carbonyl (C=O) groups excluding carboxylic acids is 2. The summed E-state index contributed by atoms with van der Waals surface area (Å²) in [6, 6.07) is 0.814. The van der Waals surface area contributed by atoms with Crippen molar-refractivity contribution in [1.29, 1.82) is 0 Å². The van der Waals surface area contributed by atoms with Crippen LogP contribution in [0.3, 0.4) is 0 Å². The second-order valence-electron chi connectivity index (χ2n) is 5.13. The van der Waals surface area contributed by atoms with Gasteiger partial charge in [-0.05, 0) is 18.9 Å². The monoisotopic (exact) mass is 330 g/mol. The minimum Gasteiger partial charge on any atom is -0.398 e. The molecule has 3 amide bonds. The number of sulfonamides is 1. The van der Waals surface area contributed by atoms with Gasteiger partial charge in [0.25, 0.3) is 15.9 Å². The normalized spacial score (nSPS) is 26.9. The summed E-state index contributed by atoms with van der Waals surface area (Å²) in [6.07, 6.45) is 0.914. The predicted octanol–water partition coefficient (Wildman–Crippen LogP) is -0.307. The van der Waals surface area contributed by atoms with Gasteiger partial charge >= 0.3 is 6.03 Å². The quantitative estimate of drug-likeness (QED) is 0.642. The Labute approximate surface area is 125 Å². The smallest absolute Gasteiger partial charge is 0.322 e. The van der Waals surface area contributed by atoms with Gasteiger partial charge in [0.15, 0.2) is 0 Å². The number of thiophene rings is 1. The molecule has 0 radical (unpaired) electrons. The molecule has 1 aromatic rings. The van der Waals surface area contributed by atoms with Crippen molar-refractivity contribution in [3.63, 3.8) is 0 Å². The van der Waals surface area contributed by atoms with Crippen molar-refractivity contribution in [2.45, 2.75) is 22.6 Å². The van der Waals surface area contributed by atoms with Crippen molar-refractivity contribution in [3.05, 3.63) is 11.4 Å². The van der Waals surface area contributed by atoms with Crippen molar-refractivity contribution in [2.75, 3.05) is 18.8 Å². The topological polar surface area (TPSA) is 122 Å². The van der Waals surface area contributed by atoms with Crippen molar-refractivity contribution in [3.8, 4) is 0 Å². The van der Waals surface area contributed by atoms with E-state index in [0.717, 1.165) is 11.3 Å². The van der Waals surface area contributed by atoms with E-state index in [1.54, 1.807) is 5.38 Å². The maximum Gasteiger partial charge on any atom is 0.322 e. The summed E-state index contributed by atoms with van der Waals surface area (Å²) in [5.41, 5.74) is 4.79. The molecule has 0 saturated carbocycles. The first-order chi connectivity index (χ1) is 9.83. The van der Waals surface area contributed by atoms with Crippen LogP contribution >= 0.6 is 11.3 Å². The number of rotatable bonds is 2. The molecule has 8 nitrogen and oxygen atoms in total. The Kier molecular flexibility index (Phi) is 3.19. The number of hydrogen-bond donors (Lipinski definition) is 3. The number of hydrogen-bond acceptors (Lipinski definition) is 6. The average molecular weight is 330 g/mol. The minimum absolute atomic E-state index is 0.0648. The van der Waals surface area contributed by atoms with Gasteiger partial charge in [-0.3, -0.25) is 10.1 Å². The molecule has 3 rings (SSSR count). The van der Waals surface area contributed by atoms with Crippen LogP contribution in [0.1, 0.15) is 12.8 Å². The zero-order chi connectivity index (χ0) is 15.3. The van der Waals surface area contributed by atoms with Crippen LogP contribution < -0.4 is 16.4 Å². The van der Waals surface area contributed by atoms with Gasteiger partial charge in [0.2, 0.25) is 0 Å². The summed E-state index contributed by atoms with van der Waals surface area (Å²) in [5.74, 6) is -0.474. The highest BCUT2D eigenvalue weighted by molar-refractivity contribution is 7.91. The van der Waals surface area contributed by atoms with Crippen LogP contribution in [-0.2, 0) is 14.8 Å². The molecule has 2 aliphatic heterocycles. The Morgan fingerprint density at radius 1 is 1.38 bits per heavy atom. The van der Waals surface area contributed by atoms with Crippen LogP contribution in [0, 0.1) is 0 Å². The van der Waals surface area contributed by atoms with E-state index in [4.69, 9.17) is 5.73 Å². The first-order valence-corrected chi connectivity index (χ1v) is 8.63. The third-order valence-electron chi connectivity index (χ3n) is 3.66. The van der Waals surface area contributed by atoms with E-state index >= 15 is 0 Å². The van der Waals surface area contributed by atoms with Crippen molar-refractivity contribution < 1.29 is 18.0 Å². The van der Waals surface area contributed by atoms with E-state index in [2.05, 4.69) is 10.6 Å². The molecule has 4 N–H and O–H groups in total. The predicted molar refractivity (Wildman–Crippen MR) is 76.1 cm³/mol. The molecule has 1 unspecified atom stereocenters. The van der Waals surface area contributed by atoms with Gasteiger partial charge < -0.3 is 11.1 Å². The molecule has 1 spiro atoms. The summed E-state index contributed by atoms with van der Waals surface area (Å²) >= 11 is 1.04. The fourth-order valence-electron chi connectivity index (χ4n) is 2.63. The summed E-state index contributed by atoms with van der Waals surface area (Å²) < 4.78 is 26.5. The molecule has 0 aromatic carbocycles. The Bertz CT molecular complexity index is 714. The lowest BCUT2D eigenvalue weighted by Gasteiger charge is -2.36. The Morgan fingerprint density at radius 3 is 2.71 bits per heavy atom. The fraction of sp³-hybridized carbons (Fsp3) is 0.455. The molecular weight excluding hydrogens is 316 g/mol.